The molecule has 0 saturated heterocycles. The van der Waals surface area contributed by atoms with Crippen LogP contribution in [0.4, 0.5) is 4.39 Å². The fraction of sp³-hybridized carbons (Fsp3) is 0.500. The molecule has 0 amide bonds. The number of hydrogen-bond acceptors (Lipinski definition) is 3. The molecule has 3 aliphatic rings. The minimum atomic E-state index is -0.620. The Labute approximate surface area is 115 Å². The van der Waals surface area contributed by atoms with Crippen LogP contribution in [0.25, 0.3) is 0 Å². The Bertz CT molecular complexity index is 520. The number of carbonyl (C=O) groups excluding carboxylic acids is 1. The monoisotopic (exact) mass is 283 g/mol. The minimum Gasteiger partial charge on any atom is -0.468 e. The third-order valence-electron chi connectivity index (χ3n) is 4.68. The van der Waals surface area contributed by atoms with Crippen LogP contribution in [0.3, 0.4) is 0 Å². The molecular formula is C14H15ClFNO2. The number of methoxy groups -OCH3 is 1. The first-order chi connectivity index (χ1) is 8.94. The summed E-state index contributed by atoms with van der Waals surface area (Å²) in [6.07, 6.45) is 2.12. The largest absolute Gasteiger partial charge is 0.468 e. The van der Waals surface area contributed by atoms with Crippen molar-refractivity contribution in [3.05, 3.63) is 34.6 Å². The van der Waals surface area contributed by atoms with E-state index >= 15 is 0 Å². The lowest BCUT2D eigenvalue weighted by molar-refractivity contribution is -0.181. The Kier molecular flexibility index (Phi) is 2.67. The maximum atomic E-state index is 13.9. The van der Waals surface area contributed by atoms with Crippen LogP contribution in [-0.2, 0) is 14.9 Å². The van der Waals surface area contributed by atoms with Gasteiger partial charge in [0.05, 0.1) is 7.11 Å². The van der Waals surface area contributed by atoms with Gasteiger partial charge in [-0.3, -0.25) is 4.79 Å². The van der Waals surface area contributed by atoms with Gasteiger partial charge in [-0.2, -0.15) is 0 Å². The summed E-state index contributed by atoms with van der Waals surface area (Å²) in [4.78, 5) is 11.5. The first-order valence-corrected chi connectivity index (χ1v) is 6.60. The first-order valence-electron chi connectivity index (χ1n) is 6.22. The Balaban J connectivity index is 1.82. The molecule has 0 spiro atoms. The van der Waals surface area contributed by atoms with Gasteiger partial charge in [0.25, 0.3) is 0 Å². The maximum absolute atomic E-state index is 13.9. The van der Waals surface area contributed by atoms with Gasteiger partial charge in [0.15, 0.2) is 0 Å². The molecule has 0 aromatic heterocycles. The smallest absolute Gasteiger partial charge is 0.323 e. The van der Waals surface area contributed by atoms with Crippen LogP contribution in [0.2, 0.25) is 5.02 Å². The lowest BCUT2D eigenvalue weighted by Crippen LogP contribution is -2.72. The number of benzene rings is 1. The number of rotatable bonds is 3. The van der Waals surface area contributed by atoms with Crippen molar-refractivity contribution >= 4 is 17.6 Å². The van der Waals surface area contributed by atoms with Crippen molar-refractivity contribution in [2.75, 3.05) is 7.11 Å². The fourth-order valence-electron chi connectivity index (χ4n) is 3.84. The molecular weight excluding hydrogens is 269 g/mol. The van der Waals surface area contributed by atoms with Crippen molar-refractivity contribution in [1.82, 2.24) is 0 Å². The molecule has 0 aliphatic heterocycles. The van der Waals surface area contributed by atoms with Gasteiger partial charge in [0, 0.05) is 16.0 Å². The second-order valence-corrected chi connectivity index (χ2v) is 6.18. The van der Waals surface area contributed by atoms with E-state index < -0.39 is 12.0 Å². The molecule has 102 valence electrons. The topological polar surface area (TPSA) is 52.3 Å². The van der Waals surface area contributed by atoms with Crippen molar-refractivity contribution in [3.63, 3.8) is 0 Å². The fourth-order valence-corrected chi connectivity index (χ4v) is 4.21. The summed E-state index contributed by atoms with van der Waals surface area (Å²) in [6, 6.07) is 4.11. The zero-order valence-corrected chi connectivity index (χ0v) is 11.3. The van der Waals surface area contributed by atoms with E-state index in [0.29, 0.717) is 29.8 Å². The van der Waals surface area contributed by atoms with E-state index in [9.17, 15) is 9.18 Å². The average molecular weight is 284 g/mol. The van der Waals surface area contributed by atoms with Gasteiger partial charge >= 0.3 is 5.97 Å². The predicted octanol–water partition coefficient (Wildman–Crippen LogP) is 2.40. The lowest BCUT2D eigenvalue weighted by Gasteiger charge is -2.72. The zero-order valence-electron chi connectivity index (χ0n) is 10.6. The first kappa shape index (κ1) is 12.9. The quantitative estimate of drug-likeness (QED) is 0.867. The summed E-state index contributed by atoms with van der Waals surface area (Å²) >= 11 is 6.10. The maximum Gasteiger partial charge on any atom is 0.323 e. The highest BCUT2D eigenvalue weighted by molar-refractivity contribution is 6.31. The summed E-state index contributed by atoms with van der Waals surface area (Å²) in [5.74, 6) is -0.666. The molecule has 1 aromatic rings. The second-order valence-electron chi connectivity index (χ2n) is 5.77. The molecule has 3 saturated carbocycles. The van der Waals surface area contributed by atoms with Crippen molar-refractivity contribution in [2.24, 2.45) is 11.1 Å². The van der Waals surface area contributed by atoms with E-state index in [0.717, 1.165) is 0 Å². The number of nitrogens with two attached hydrogens (primary N) is 1. The van der Waals surface area contributed by atoms with Crippen molar-refractivity contribution in [1.29, 1.82) is 0 Å². The van der Waals surface area contributed by atoms with Gasteiger partial charge in [0.1, 0.15) is 11.9 Å². The number of hydrogen-bond donors (Lipinski definition) is 1. The molecule has 3 fully saturated rings. The van der Waals surface area contributed by atoms with Gasteiger partial charge in [0.2, 0.25) is 0 Å². The van der Waals surface area contributed by atoms with Crippen LogP contribution < -0.4 is 5.73 Å². The normalized spacial score (nSPS) is 33.1. The molecule has 3 nitrogen and oxygen atoms in total. The average Bonchev–Trinajstić information content (AvgIpc) is 2.28. The van der Waals surface area contributed by atoms with Gasteiger partial charge in [-0.15, -0.1) is 0 Å². The van der Waals surface area contributed by atoms with E-state index in [-0.39, 0.29) is 16.6 Å². The van der Waals surface area contributed by atoms with Gasteiger partial charge < -0.3 is 10.5 Å². The van der Waals surface area contributed by atoms with E-state index in [2.05, 4.69) is 4.74 Å². The van der Waals surface area contributed by atoms with Crippen LogP contribution in [0.5, 0.6) is 0 Å². The van der Waals surface area contributed by atoms with Crippen LogP contribution in [0.1, 0.15) is 24.8 Å². The molecule has 5 heteroatoms. The number of carbonyl (C=O) groups is 1. The molecule has 4 rings (SSSR count). The molecule has 0 radical (unpaired) electrons. The predicted molar refractivity (Wildman–Crippen MR) is 69.4 cm³/mol. The molecule has 1 atom stereocenters. The number of halogens is 2. The minimum absolute atomic E-state index is 0.224. The second kappa shape index (κ2) is 3.93. The standard InChI is InChI=1S/C14H15ClFNO2/c1-19-12(18)11(17)14-5-13(6-14,7-14)10-8(15)3-2-4-9(10)16/h2-4,11H,5-7,17H2,1H3. The highest BCUT2D eigenvalue weighted by Crippen LogP contribution is 2.75. The van der Waals surface area contributed by atoms with Crippen LogP contribution >= 0.6 is 11.6 Å². The summed E-state index contributed by atoms with van der Waals surface area (Å²) in [5, 5.41) is 0.458. The van der Waals surface area contributed by atoms with E-state index in [1.165, 1.54) is 13.2 Å². The third-order valence-corrected chi connectivity index (χ3v) is 4.99. The Morgan fingerprint density at radius 2 is 2.11 bits per heavy atom. The highest BCUT2D eigenvalue weighted by atomic mass is 35.5. The molecule has 2 bridgehead atoms. The number of ether oxygens (including phenoxy) is 1. The lowest BCUT2D eigenvalue weighted by atomic mass is 9.31. The van der Waals surface area contributed by atoms with Gasteiger partial charge in [-0.25, -0.2) is 4.39 Å². The summed E-state index contributed by atoms with van der Waals surface area (Å²) in [5.41, 5.74) is 6.04. The molecule has 19 heavy (non-hydrogen) atoms. The van der Waals surface area contributed by atoms with E-state index in [1.54, 1.807) is 12.1 Å². The molecule has 1 aromatic carbocycles. The molecule has 3 aliphatic carbocycles. The zero-order chi connectivity index (χ0) is 13.8. The molecule has 1 unspecified atom stereocenters. The summed E-state index contributed by atoms with van der Waals surface area (Å²) in [7, 11) is 1.33. The summed E-state index contributed by atoms with van der Waals surface area (Å²) in [6.45, 7) is 0. The van der Waals surface area contributed by atoms with Crippen LogP contribution in [-0.4, -0.2) is 19.1 Å². The van der Waals surface area contributed by atoms with E-state index in [4.69, 9.17) is 17.3 Å². The van der Waals surface area contributed by atoms with Gasteiger partial charge in [-0.1, -0.05) is 17.7 Å². The van der Waals surface area contributed by atoms with Crippen molar-refractivity contribution in [3.8, 4) is 0 Å². The Morgan fingerprint density at radius 3 is 2.63 bits per heavy atom. The van der Waals surface area contributed by atoms with Gasteiger partial charge in [-0.05, 0) is 36.8 Å². The van der Waals surface area contributed by atoms with Crippen molar-refractivity contribution in [2.45, 2.75) is 30.7 Å². The molecule has 2 N–H and O–H groups in total. The number of esters is 1. The van der Waals surface area contributed by atoms with Crippen LogP contribution in [0.15, 0.2) is 18.2 Å². The summed E-state index contributed by atoms with van der Waals surface area (Å²) < 4.78 is 18.6. The SMILES string of the molecule is COC(=O)C(N)C12CC(c3c(F)cccc3Cl)(C1)C2. The van der Waals surface area contributed by atoms with Crippen molar-refractivity contribution < 1.29 is 13.9 Å². The Hall–Kier alpha value is -1.13. The Morgan fingerprint density at radius 1 is 1.47 bits per heavy atom. The van der Waals surface area contributed by atoms with Crippen LogP contribution in [0, 0.1) is 11.2 Å². The van der Waals surface area contributed by atoms with E-state index in [1.807, 2.05) is 0 Å². The highest BCUT2D eigenvalue weighted by Gasteiger charge is 2.72. The third kappa shape index (κ3) is 1.56. The molecule has 0 heterocycles.